The molecular weight excluding hydrogens is 381 g/mol. The standard InChI is InChI=1S/C17H13ClFN3O5/c1-26-9-5-6-12(14(7-9)22(24)25)20-17(23)15-8-13(21-27-15)16-10(18)3-2-4-11(16)19/h2-7,15H,8H2,1H3,(H,20,23). The van der Waals surface area contributed by atoms with Gasteiger partial charge in [0.2, 0.25) is 6.10 Å². The molecule has 1 amide bonds. The minimum Gasteiger partial charge on any atom is -0.496 e. The summed E-state index contributed by atoms with van der Waals surface area (Å²) in [6.45, 7) is 0. The minimum absolute atomic E-state index is 0.0215. The van der Waals surface area contributed by atoms with Crippen molar-refractivity contribution >= 4 is 34.6 Å². The second-order valence-corrected chi connectivity index (χ2v) is 5.97. The number of rotatable bonds is 5. The third kappa shape index (κ3) is 3.82. The summed E-state index contributed by atoms with van der Waals surface area (Å²) < 4.78 is 18.9. The second-order valence-electron chi connectivity index (χ2n) is 5.56. The summed E-state index contributed by atoms with van der Waals surface area (Å²) >= 11 is 5.99. The third-order valence-electron chi connectivity index (χ3n) is 3.87. The number of nitrogens with one attached hydrogen (secondary N) is 1. The monoisotopic (exact) mass is 393 g/mol. The van der Waals surface area contributed by atoms with E-state index < -0.39 is 22.8 Å². The van der Waals surface area contributed by atoms with Crippen molar-refractivity contribution < 1.29 is 23.7 Å². The molecule has 0 saturated carbocycles. The summed E-state index contributed by atoms with van der Waals surface area (Å²) in [5.74, 6) is -0.970. The molecule has 140 valence electrons. The van der Waals surface area contributed by atoms with E-state index in [4.69, 9.17) is 21.2 Å². The molecule has 1 aliphatic rings. The lowest BCUT2D eigenvalue weighted by Gasteiger charge is -2.10. The molecule has 2 aromatic rings. The van der Waals surface area contributed by atoms with Gasteiger partial charge >= 0.3 is 0 Å². The number of benzene rings is 2. The van der Waals surface area contributed by atoms with Gasteiger partial charge in [0.15, 0.2) is 0 Å². The van der Waals surface area contributed by atoms with Gasteiger partial charge in [-0.1, -0.05) is 22.8 Å². The number of hydrogen-bond donors (Lipinski definition) is 1. The van der Waals surface area contributed by atoms with Gasteiger partial charge in [0, 0.05) is 6.42 Å². The number of nitro groups is 1. The number of amides is 1. The average Bonchev–Trinajstić information content (AvgIpc) is 3.11. The van der Waals surface area contributed by atoms with Crippen molar-refractivity contribution in [1.82, 2.24) is 0 Å². The highest BCUT2D eigenvalue weighted by Gasteiger charge is 2.32. The fraction of sp³-hybridized carbons (Fsp3) is 0.176. The van der Waals surface area contributed by atoms with E-state index in [1.54, 1.807) is 0 Å². The molecule has 0 spiro atoms. The molecule has 1 aliphatic heterocycles. The molecule has 0 aromatic heterocycles. The summed E-state index contributed by atoms with van der Waals surface area (Å²) in [6, 6.07) is 8.17. The van der Waals surface area contributed by atoms with Crippen LogP contribution in [0.3, 0.4) is 0 Å². The summed E-state index contributed by atoms with van der Waals surface area (Å²) in [5, 5.41) is 17.5. The molecule has 1 N–H and O–H groups in total. The Kier molecular flexibility index (Phi) is 5.22. The van der Waals surface area contributed by atoms with Crippen molar-refractivity contribution in [2.45, 2.75) is 12.5 Å². The molecule has 27 heavy (non-hydrogen) atoms. The normalized spacial score (nSPS) is 15.7. The first-order valence-corrected chi connectivity index (χ1v) is 8.09. The quantitative estimate of drug-likeness (QED) is 0.618. The maximum Gasteiger partial charge on any atom is 0.296 e. The number of hydrogen-bond acceptors (Lipinski definition) is 6. The van der Waals surface area contributed by atoms with Gasteiger partial charge in [-0.3, -0.25) is 14.9 Å². The van der Waals surface area contributed by atoms with Crippen LogP contribution in [0.25, 0.3) is 0 Å². The van der Waals surface area contributed by atoms with Crippen LogP contribution in [0, 0.1) is 15.9 Å². The van der Waals surface area contributed by atoms with E-state index in [9.17, 15) is 19.3 Å². The predicted molar refractivity (Wildman–Crippen MR) is 95.7 cm³/mol. The topological polar surface area (TPSA) is 103 Å². The highest BCUT2D eigenvalue weighted by atomic mass is 35.5. The summed E-state index contributed by atoms with van der Waals surface area (Å²) in [6.07, 6.45) is -1.10. The average molecular weight is 394 g/mol. The number of nitrogens with zero attached hydrogens (tertiary/aromatic N) is 2. The van der Waals surface area contributed by atoms with Crippen LogP contribution in [0.15, 0.2) is 41.6 Å². The molecule has 0 fully saturated rings. The van der Waals surface area contributed by atoms with E-state index >= 15 is 0 Å². The lowest BCUT2D eigenvalue weighted by Crippen LogP contribution is -2.28. The number of anilines is 1. The van der Waals surface area contributed by atoms with E-state index in [1.165, 1.54) is 43.5 Å². The van der Waals surface area contributed by atoms with E-state index in [1.807, 2.05) is 0 Å². The minimum atomic E-state index is -1.07. The zero-order chi connectivity index (χ0) is 19.6. The van der Waals surface area contributed by atoms with Crippen LogP contribution in [0.4, 0.5) is 15.8 Å². The predicted octanol–water partition coefficient (Wildman–Crippen LogP) is 3.53. The number of carbonyl (C=O) groups is 1. The molecule has 1 heterocycles. The number of carbonyl (C=O) groups excluding carboxylic acids is 1. The van der Waals surface area contributed by atoms with Gasteiger partial charge in [-0.15, -0.1) is 0 Å². The van der Waals surface area contributed by atoms with E-state index in [2.05, 4.69) is 10.5 Å². The number of oxime groups is 1. The zero-order valence-electron chi connectivity index (χ0n) is 13.9. The van der Waals surface area contributed by atoms with Crippen molar-refractivity contribution in [1.29, 1.82) is 0 Å². The molecule has 3 rings (SSSR count). The van der Waals surface area contributed by atoms with Crippen LogP contribution in [0.2, 0.25) is 5.02 Å². The molecule has 0 saturated heterocycles. The van der Waals surface area contributed by atoms with Crippen molar-refractivity contribution in [2.24, 2.45) is 5.16 Å². The van der Waals surface area contributed by atoms with Crippen LogP contribution in [0.1, 0.15) is 12.0 Å². The maximum atomic E-state index is 14.0. The molecule has 8 nitrogen and oxygen atoms in total. The van der Waals surface area contributed by atoms with Crippen LogP contribution < -0.4 is 10.1 Å². The highest BCUT2D eigenvalue weighted by molar-refractivity contribution is 6.34. The van der Waals surface area contributed by atoms with Crippen molar-refractivity contribution in [3.8, 4) is 5.75 Å². The maximum absolute atomic E-state index is 14.0. The first kappa shape index (κ1) is 18.6. The molecule has 0 radical (unpaired) electrons. The van der Waals surface area contributed by atoms with E-state index in [0.717, 1.165) is 0 Å². The smallest absolute Gasteiger partial charge is 0.296 e. The van der Waals surface area contributed by atoms with Gasteiger partial charge in [0.1, 0.15) is 17.3 Å². The van der Waals surface area contributed by atoms with Gasteiger partial charge in [0.25, 0.3) is 11.6 Å². The molecule has 1 atom stereocenters. The Morgan fingerprint density at radius 1 is 1.44 bits per heavy atom. The van der Waals surface area contributed by atoms with Gasteiger partial charge in [-0.05, 0) is 24.3 Å². The molecule has 10 heteroatoms. The van der Waals surface area contributed by atoms with Gasteiger partial charge in [0.05, 0.1) is 34.4 Å². The van der Waals surface area contributed by atoms with Crippen LogP contribution in [-0.2, 0) is 9.63 Å². The molecular formula is C17H13ClFN3O5. The molecule has 1 unspecified atom stereocenters. The van der Waals surface area contributed by atoms with Crippen LogP contribution >= 0.6 is 11.6 Å². The Hall–Kier alpha value is -3.20. The number of methoxy groups -OCH3 is 1. The Morgan fingerprint density at radius 2 is 2.22 bits per heavy atom. The van der Waals surface area contributed by atoms with Gasteiger partial charge in [-0.25, -0.2) is 4.39 Å². The second kappa shape index (κ2) is 7.58. The summed E-state index contributed by atoms with van der Waals surface area (Å²) in [4.78, 5) is 28.0. The third-order valence-corrected chi connectivity index (χ3v) is 4.19. The summed E-state index contributed by atoms with van der Waals surface area (Å²) in [7, 11) is 1.37. The Bertz CT molecular complexity index is 930. The summed E-state index contributed by atoms with van der Waals surface area (Å²) in [5.41, 5.74) is -0.113. The number of ether oxygens (including phenoxy) is 1. The zero-order valence-corrected chi connectivity index (χ0v) is 14.7. The SMILES string of the molecule is COc1ccc(NC(=O)C2CC(c3c(F)cccc3Cl)=NO2)c([N+](=O)[O-])c1. The number of halogens is 2. The van der Waals surface area contributed by atoms with E-state index in [0.29, 0.717) is 0 Å². The van der Waals surface area contributed by atoms with Crippen molar-refractivity contribution in [3.05, 3.63) is 62.9 Å². The lowest BCUT2D eigenvalue weighted by atomic mass is 10.0. The lowest BCUT2D eigenvalue weighted by molar-refractivity contribution is -0.384. The largest absolute Gasteiger partial charge is 0.496 e. The van der Waals surface area contributed by atoms with Crippen molar-refractivity contribution in [2.75, 3.05) is 12.4 Å². The Balaban J connectivity index is 1.75. The van der Waals surface area contributed by atoms with Gasteiger partial charge < -0.3 is 14.9 Å². The fourth-order valence-electron chi connectivity index (χ4n) is 2.55. The number of nitro benzene ring substituents is 1. The Morgan fingerprint density at radius 3 is 2.89 bits per heavy atom. The molecule has 0 bridgehead atoms. The van der Waals surface area contributed by atoms with E-state index in [-0.39, 0.29) is 39.8 Å². The van der Waals surface area contributed by atoms with Crippen molar-refractivity contribution in [3.63, 3.8) is 0 Å². The first-order valence-electron chi connectivity index (χ1n) is 7.71. The van der Waals surface area contributed by atoms with Gasteiger partial charge in [-0.2, -0.15) is 0 Å². The van der Waals surface area contributed by atoms with Crippen LogP contribution in [0.5, 0.6) is 5.75 Å². The van der Waals surface area contributed by atoms with Crippen LogP contribution in [-0.4, -0.2) is 29.8 Å². The first-order chi connectivity index (χ1) is 12.9. The fourth-order valence-corrected chi connectivity index (χ4v) is 2.82. The molecule has 2 aromatic carbocycles. The molecule has 0 aliphatic carbocycles. The Labute approximate surface area is 157 Å². The highest BCUT2D eigenvalue weighted by Crippen LogP contribution is 2.30.